The predicted octanol–water partition coefficient (Wildman–Crippen LogP) is 1.94. The molecule has 0 unspecified atom stereocenters. The van der Waals surface area contributed by atoms with Gasteiger partial charge in [0.15, 0.2) is 5.78 Å². The molecule has 1 heterocycles. The van der Waals surface area contributed by atoms with Crippen molar-refractivity contribution in [1.82, 2.24) is 4.57 Å². The van der Waals surface area contributed by atoms with E-state index in [0.717, 1.165) is 0 Å². The number of benzene rings is 1. The zero-order valence-corrected chi connectivity index (χ0v) is 11.8. The van der Waals surface area contributed by atoms with Crippen LogP contribution < -0.4 is 10.5 Å². The average Bonchev–Trinajstić information content (AvgIpc) is 2.82. The van der Waals surface area contributed by atoms with Crippen LogP contribution in [0.4, 0.5) is 5.69 Å². The predicted molar refractivity (Wildman–Crippen MR) is 77.8 cm³/mol. The lowest BCUT2D eigenvalue weighted by atomic mass is 10.0. The SMILES string of the molecule is CCOc1ccc(C(=O)c2cc(C(=O)O)n(C)c2)cc1N. The number of hydrogen-bond donors (Lipinski definition) is 2. The summed E-state index contributed by atoms with van der Waals surface area (Å²) in [6, 6.07) is 6.11. The molecule has 0 aliphatic rings. The molecule has 3 N–H and O–H groups in total. The lowest BCUT2D eigenvalue weighted by molar-refractivity contribution is 0.0686. The molecule has 0 saturated carbocycles. The molecule has 6 nitrogen and oxygen atoms in total. The molecule has 0 spiro atoms. The summed E-state index contributed by atoms with van der Waals surface area (Å²) in [5.74, 6) is -0.844. The molecule has 0 fully saturated rings. The lowest BCUT2D eigenvalue weighted by Crippen LogP contribution is -2.03. The number of nitrogens with zero attached hydrogens (tertiary/aromatic N) is 1. The Morgan fingerprint density at radius 1 is 1.29 bits per heavy atom. The highest BCUT2D eigenvalue weighted by Gasteiger charge is 2.17. The fourth-order valence-electron chi connectivity index (χ4n) is 2.04. The van der Waals surface area contributed by atoms with Crippen LogP contribution in [0.15, 0.2) is 30.5 Å². The van der Waals surface area contributed by atoms with Gasteiger partial charge in [0, 0.05) is 24.4 Å². The maximum Gasteiger partial charge on any atom is 0.352 e. The third-order valence-corrected chi connectivity index (χ3v) is 3.06. The van der Waals surface area contributed by atoms with Gasteiger partial charge in [0.1, 0.15) is 11.4 Å². The molecule has 2 aromatic rings. The fourth-order valence-corrected chi connectivity index (χ4v) is 2.04. The van der Waals surface area contributed by atoms with E-state index in [2.05, 4.69) is 0 Å². The Kier molecular flexibility index (Phi) is 3.98. The number of aromatic nitrogens is 1. The van der Waals surface area contributed by atoms with Crippen molar-refractivity contribution in [2.75, 3.05) is 12.3 Å². The average molecular weight is 288 g/mol. The molecule has 21 heavy (non-hydrogen) atoms. The second-order valence-corrected chi connectivity index (χ2v) is 4.54. The minimum Gasteiger partial charge on any atom is -0.492 e. The van der Waals surface area contributed by atoms with Crippen LogP contribution in [0.5, 0.6) is 5.75 Å². The molecule has 2 rings (SSSR count). The van der Waals surface area contributed by atoms with E-state index >= 15 is 0 Å². The number of rotatable bonds is 5. The summed E-state index contributed by atoms with van der Waals surface area (Å²) in [5, 5.41) is 9.00. The van der Waals surface area contributed by atoms with Gasteiger partial charge in [-0.15, -0.1) is 0 Å². The first-order valence-electron chi connectivity index (χ1n) is 6.40. The zero-order valence-electron chi connectivity index (χ0n) is 11.8. The third kappa shape index (κ3) is 2.89. The monoisotopic (exact) mass is 288 g/mol. The van der Waals surface area contributed by atoms with E-state index in [1.165, 1.54) is 22.9 Å². The highest BCUT2D eigenvalue weighted by atomic mass is 16.5. The van der Waals surface area contributed by atoms with E-state index < -0.39 is 5.97 Å². The Labute approximate surface area is 121 Å². The van der Waals surface area contributed by atoms with Crippen molar-refractivity contribution in [3.05, 3.63) is 47.3 Å². The number of ether oxygens (including phenoxy) is 1. The number of carbonyl (C=O) groups is 2. The molecule has 110 valence electrons. The van der Waals surface area contributed by atoms with Crippen molar-refractivity contribution < 1.29 is 19.4 Å². The van der Waals surface area contributed by atoms with E-state index in [9.17, 15) is 9.59 Å². The van der Waals surface area contributed by atoms with Gasteiger partial charge in [-0.3, -0.25) is 4.79 Å². The van der Waals surface area contributed by atoms with Gasteiger partial charge in [-0.2, -0.15) is 0 Å². The number of carboxylic acid groups (broad SMARTS) is 1. The number of aromatic carboxylic acids is 1. The number of hydrogen-bond acceptors (Lipinski definition) is 4. The van der Waals surface area contributed by atoms with Crippen molar-refractivity contribution in [3.63, 3.8) is 0 Å². The third-order valence-electron chi connectivity index (χ3n) is 3.06. The number of carbonyl (C=O) groups excluding carboxylic acids is 1. The molecular weight excluding hydrogens is 272 g/mol. The topological polar surface area (TPSA) is 94.5 Å². The van der Waals surface area contributed by atoms with E-state index in [0.29, 0.717) is 29.2 Å². The van der Waals surface area contributed by atoms with Crippen LogP contribution >= 0.6 is 0 Å². The van der Waals surface area contributed by atoms with Gasteiger partial charge in [-0.25, -0.2) is 4.79 Å². The number of anilines is 1. The van der Waals surface area contributed by atoms with Crippen LogP contribution in [-0.2, 0) is 7.05 Å². The van der Waals surface area contributed by atoms with Gasteiger partial charge < -0.3 is 20.1 Å². The van der Waals surface area contributed by atoms with Gasteiger partial charge in [0.25, 0.3) is 0 Å². The van der Waals surface area contributed by atoms with Crippen LogP contribution in [0.1, 0.15) is 33.3 Å². The number of nitrogens with two attached hydrogens (primary N) is 1. The van der Waals surface area contributed by atoms with Crippen molar-refractivity contribution in [3.8, 4) is 5.75 Å². The van der Waals surface area contributed by atoms with E-state index in [1.54, 1.807) is 19.2 Å². The molecular formula is C15H16N2O4. The summed E-state index contributed by atoms with van der Waals surface area (Å²) in [7, 11) is 1.58. The number of ketones is 1. The van der Waals surface area contributed by atoms with Gasteiger partial charge in [0.05, 0.1) is 12.3 Å². The first-order chi connectivity index (χ1) is 9.93. The largest absolute Gasteiger partial charge is 0.492 e. The minimum atomic E-state index is -1.08. The molecule has 0 aliphatic heterocycles. The molecule has 0 bridgehead atoms. The van der Waals surface area contributed by atoms with Crippen molar-refractivity contribution in [2.45, 2.75) is 6.92 Å². The highest BCUT2D eigenvalue weighted by Crippen LogP contribution is 2.24. The smallest absolute Gasteiger partial charge is 0.352 e. The summed E-state index contributed by atoms with van der Waals surface area (Å²) in [5.41, 5.74) is 6.95. The first kappa shape index (κ1) is 14.6. The van der Waals surface area contributed by atoms with Gasteiger partial charge in [0.2, 0.25) is 0 Å². The van der Waals surface area contributed by atoms with Gasteiger partial charge in [-0.05, 0) is 31.2 Å². The molecule has 0 amide bonds. The Balaban J connectivity index is 2.34. The Bertz CT molecular complexity index is 704. The van der Waals surface area contributed by atoms with Crippen molar-refractivity contribution in [1.29, 1.82) is 0 Å². The highest BCUT2D eigenvalue weighted by molar-refractivity contribution is 6.10. The Morgan fingerprint density at radius 2 is 2.00 bits per heavy atom. The van der Waals surface area contributed by atoms with Crippen LogP contribution in [0.2, 0.25) is 0 Å². The summed E-state index contributed by atoms with van der Waals surface area (Å²) >= 11 is 0. The zero-order chi connectivity index (χ0) is 15.6. The van der Waals surface area contributed by atoms with E-state index in [-0.39, 0.29) is 11.5 Å². The summed E-state index contributed by atoms with van der Waals surface area (Å²) in [4.78, 5) is 23.3. The van der Waals surface area contributed by atoms with Crippen molar-refractivity contribution >= 4 is 17.4 Å². The molecule has 0 aliphatic carbocycles. The summed E-state index contributed by atoms with van der Waals surface area (Å²) in [6.45, 7) is 2.33. The normalized spacial score (nSPS) is 10.4. The summed E-state index contributed by atoms with van der Waals surface area (Å²) < 4.78 is 6.71. The van der Waals surface area contributed by atoms with Crippen LogP contribution in [0, 0.1) is 0 Å². The minimum absolute atomic E-state index is 0.0530. The molecule has 1 aromatic carbocycles. The van der Waals surface area contributed by atoms with Crippen LogP contribution in [0.25, 0.3) is 0 Å². The number of aryl methyl sites for hydroxylation is 1. The Morgan fingerprint density at radius 3 is 2.52 bits per heavy atom. The van der Waals surface area contributed by atoms with Crippen molar-refractivity contribution in [2.24, 2.45) is 7.05 Å². The lowest BCUT2D eigenvalue weighted by Gasteiger charge is -2.07. The van der Waals surface area contributed by atoms with Crippen LogP contribution in [-0.4, -0.2) is 28.0 Å². The van der Waals surface area contributed by atoms with E-state index in [1.807, 2.05) is 6.92 Å². The quantitative estimate of drug-likeness (QED) is 0.647. The molecule has 0 atom stereocenters. The number of carboxylic acids is 1. The van der Waals surface area contributed by atoms with Gasteiger partial charge >= 0.3 is 5.97 Å². The molecule has 6 heteroatoms. The number of nitrogen functional groups attached to an aromatic ring is 1. The standard InChI is InChI=1S/C15H16N2O4/c1-3-21-13-5-4-9(6-11(13)16)14(18)10-7-12(15(19)20)17(2)8-10/h4-8H,3,16H2,1-2H3,(H,19,20). The maximum absolute atomic E-state index is 12.4. The maximum atomic E-state index is 12.4. The van der Waals surface area contributed by atoms with Gasteiger partial charge in [-0.1, -0.05) is 0 Å². The van der Waals surface area contributed by atoms with E-state index in [4.69, 9.17) is 15.6 Å². The molecule has 0 saturated heterocycles. The Hall–Kier alpha value is -2.76. The first-order valence-corrected chi connectivity index (χ1v) is 6.40. The second-order valence-electron chi connectivity index (χ2n) is 4.54. The second kappa shape index (κ2) is 5.70. The fraction of sp³-hybridized carbons (Fsp3) is 0.200. The molecule has 0 radical (unpaired) electrons. The summed E-state index contributed by atoms with van der Waals surface area (Å²) in [6.07, 6.45) is 1.48. The van der Waals surface area contributed by atoms with Crippen LogP contribution in [0.3, 0.4) is 0 Å². The molecule has 1 aromatic heterocycles.